The van der Waals surface area contributed by atoms with E-state index < -0.39 is 56.1 Å². The summed E-state index contributed by atoms with van der Waals surface area (Å²) in [5, 5.41) is 3.47. The van der Waals surface area contributed by atoms with E-state index >= 15 is 0 Å². The van der Waals surface area contributed by atoms with Crippen molar-refractivity contribution < 1.29 is 32.3 Å². The highest BCUT2D eigenvalue weighted by Gasteiger charge is 2.40. The number of alkyl halides is 1. The molecule has 200 valence electrons. The molecule has 12 nitrogen and oxygen atoms in total. The Morgan fingerprint density at radius 3 is 2.81 bits per heavy atom. The highest BCUT2D eigenvalue weighted by molar-refractivity contribution is 7.51. The number of methoxy groups -OCH3 is 1. The summed E-state index contributed by atoms with van der Waals surface area (Å²) in [5.41, 5.74) is 0.614. The van der Waals surface area contributed by atoms with E-state index in [1.807, 2.05) is 24.3 Å². The summed E-state index contributed by atoms with van der Waals surface area (Å²) >= 11 is 0. The number of benzene rings is 1. The summed E-state index contributed by atoms with van der Waals surface area (Å²) in [4.78, 5) is 41.5. The molecule has 0 aliphatic carbocycles. The molecule has 37 heavy (non-hydrogen) atoms. The number of rotatable bonds is 10. The van der Waals surface area contributed by atoms with Crippen LogP contribution in [0.15, 0.2) is 46.2 Å². The third-order valence-electron chi connectivity index (χ3n) is 6.17. The maximum atomic E-state index is 14.7. The Balaban J connectivity index is 1.45. The number of aryl methyl sites for hydroxylation is 1. The number of hydrogen-bond acceptors (Lipinski definition) is 8. The van der Waals surface area contributed by atoms with Gasteiger partial charge in [0.1, 0.15) is 24.5 Å². The molecular weight excluding hydrogens is 510 g/mol. The van der Waals surface area contributed by atoms with Gasteiger partial charge in [-0.15, -0.1) is 0 Å². The van der Waals surface area contributed by atoms with Gasteiger partial charge in [-0.2, -0.15) is 0 Å². The maximum Gasteiger partial charge on any atom is 0.406 e. The number of halogens is 1. The molecule has 3 heterocycles. The molecule has 0 saturated carbocycles. The van der Waals surface area contributed by atoms with Crippen molar-refractivity contribution in [1.29, 1.82) is 0 Å². The monoisotopic (exact) mass is 538 g/mol. The van der Waals surface area contributed by atoms with Crippen LogP contribution in [0.3, 0.4) is 0 Å². The fourth-order valence-corrected chi connectivity index (χ4v) is 5.37. The lowest BCUT2D eigenvalue weighted by Crippen LogP contribution is -2.39. The van der Waals surface area contributed by atoms with Crippen LogP contribution in [0, 0.1) is 6.92 Å². The Morgan fingerprint density at radius 2 is 2.08 bits per heavy atom. The quantitative estimate of drug-likeness (QED) is 0.260. The Morgan fingerprint density at radius 1 is 1.32 bits per heavy atom. The lowest BCUT2D eigenvalue weighted by Gasteiger charge is -2.24. The first-order chi connectivity index (χ1) is 17.6. The van der Waals surface area contributed by atoms with Crippen molar-refractivity contribution in [2.24, 2.45) is 0 Å². The topological polar surface area (TPSA) is 154 Å². The van der Waals surface area contributed by atoms with Crippen molar-refractivity contribution in [2.45, 2.75) is 44.3 Å². The number of aromatic nitrogens is 3. The van der Waals surface area contributed by atoms with Crippen molar-refractivity contribution in [3.8, 4) is 0 Å². The minimum Gasteiger partial charge on any atom is -0.468 e. The third kappa shape index (κ3) is 5.91. The van der Waals surface area contributed by atoms with E-state index in [1.165, 1.54) is 20.2 Å². The predicted octanol–water partition coefficient (Wildman–Crippen LogP) is 2.10. The first-order valence-electron chi connectivity index (χ1n) is 11.5. The first kappa shape index (κ1) is 27.0. The Hall–Kier alpha value is -3.09. The minimum atomic E-state index is -4.12. The van der Waals surface area contributed by atoms with Crippen molar-refractivity contribution in [2.75, 3.05) is 20.8 Å². The number of para-hydroxylation sites is 1. The fraction of sp³-hybridized carbons (Fsp3) is 0.435. The molecule has 3 aromatic rings. The van der Waals surface area contributed by atoms with E-state index in [1.54, 1.807) is 6.20 Å². The molecule has 5 atom stereocenters. The van der Waals surface area contributed by atoms with Gasteiger partial charge >= 0.3 is 19.4 Å². The summed E-state index contributed by atoms with van der Waals surface area (Å²) in [7, 11) is -1.79. The Labute approximate surface area is 210 Å². The number of nitrogens with one attached hydrogen (secondary N) is 3. The zero-order chi connectivity index (χ0) is 26.7. The molecule has 1 aliphatic rings. The number of fused-ring (bicyclic) bond motifs is 1. The molecule has 1 fully saturated rings. The van der Waals surface area contributed by atoms with E-state index in [2.05, 4.69) is 15.1 Å². The van der Waals surface area contributed by atoms with Gasteiger partial charge in [-0.25, -0.2) is 18.8 Å². The second-order valence-corrected chi connectivity index (χ2v) is 10.5. The molecule has 0 spiro atoms. The summed E-state index contributed by atoms with van der Waals surface area (Å²) in [6.45, 7) is 1.01. The summed E-state index contributed by atoms with van der Waals surface area (Å²) in [5.74, 6) is -0.695. The SMILES string of the molecule is COC(=O)[C@H](Cc1c[nH]c2ccccc12)NP(=O)(OC)OC[C@H]1O[C@@H](n2cc(C)c(=O)[nH]c2=O)C[C@@H]1F. The maximum absolute atomic E-state index is 14.7. The second-order valence-electron chi connectivity index (χ2n) is 8.60. The molecule has 0 amide bonds. The predicted molar refractivity (Wildman–Crippen MR) is 131 cm³/mol. The Kier molecular flexibility index (Phi) is 8.10. The van der Waals surface area contributed by atoms with Gasteiger partial charge in [0.2, 0.25) is 0 Å². The zero-order valence-corrected chi connectivity index (χ0v) is 21.3. The van der Waals surface area contributed by atoms with Crippen molar-refractivity contribution in [3.63, 3.8) is 0 Å². The highest BCUT2D eigenvalue weighted by atomic mass is 31.2. The number of aromatic amines is 2. The summed E-state index contributed by atoms with van der Waals surface area (Å²) < 4.78 is 50.1. The third-order valence-corrected chi connectivity index (χ3v) is 7.76. The van der Waals surface area contributed by atoms with E-state index in [-0.39, 0.29) is 18.4 Å². The van der Waals surface area contributed by atoms with Crippen LogP contribution in [0.25, 0.3) is 10.9 Å². The van der Waals surface area contributed by atoms with E-state index in [0.717, 1.165) is 28.1 Å². The molecule has 1 unspecified atom stereocenters. The molecule has 0 radical (unpaired) electrons. The highest BCUT2D eigenvalue weighted by Crippen LogP contribution is 2.45. The number of H-pyrrole nitrogens is 2. The molecule has 4 rings (SSSR count). The molecule has 1 aliphatic heterocycles. The number of carbonyl (C=O) groups excluding carboxylic acids is 1. The smallest absolute Gasteiger partial charge is 0.406 e. The van der Waals surface area contributed by atoms with Gasteiger partial charge in [-0.1, -0.05) is 18.2 Å². The first-order valence-corrected chi connectivity index (χ1v) is 13.0. The molecule has 0 bridgehead atoms. The zero-order valence-electron chi connectivity index (χ0n) is 20.4. The van der Waals surface area contributed by atoms with Crippen LogP contribution >= 0.6 is 7.75 Å². The molecule has 2 aromatic heterocycles. The lowest BCUT2D eigenvalue weighted by molar-refractivity contribution is -0.142. The van der Waals surface area contributed by atoms with Crippen molar-refractivity contribution >= 4 is 24.6 Å². The van der Waals surface area contributed by atoms with Crippen molar-refractivity contribution in [3.05, 3.63) is 68.6 Å². The van der Waals surface area contributed by atoms with E-state index in [4.69, 9.17) is 18.5 Å². The number of nitrogens with zero attached hydrogens (tertiary/aromatic N) is 1. The Bertz CT molecular complexity index is 1440. The number of hydrogen-bond donors (Lipinski definition) is 3. The van der Waals surface area contributed by atoms with Gasteiger partial charge < -0.3 is 19.0 Å². The molecule has 1 saturated heterocycles. The largest absolute Gasteiger partial charge is 0.468 e. The van der Waals surface area contributed by atoms with E-state index in [0.29, 0.717) is 0 Å². The van der Waals surface area contributed by atoms with Crippen LogP contribution in [0.5, 0.6) is 0 Å². The fourth-order valence-electron chi connectivity index (χ4n) is 4.16. The number of esters is 1. The second kappa shape index (κ2) is 11.1. The van der Waals surface area contributed by atoms with Crippen LogP contribution in [0.4, 0.5) is 4.39 Å². The molecule has 14 heteroatoms. The van der Waals surface area contributed by atoms with Crippen LogP contribution in [0.1, 0.15) is 23.8 Å². The molecular formula is C23H28FN4O8P. The summed E-state index contributed by atoms with van der Waals surface area (Å²) in [6, 6.07) is 6.39. The average molecular weight is 538 g/mol. The van der Waals surface area contributed by atoms with E-state index in [9.17, 15) is 23.3 Å². The van der Waals surface area contributed by atoms with Crippen LogP contribution in [-0.4, -0.2) is 59.6 Å². The van der Waals surface area contributed by atoms with Gasteiger partial charge in [0, 0.05) is 48.8 Å². The van der Waals surface area contributed by atoms with Gasteiger partial charge in [-0.05, 0) is 18.6 Å². The average Bonchev–Trinajstić information content (AvgIpc) is 3.47. The van der Waals surface area contributed by atoms with Gasteiger partial charge in [0.25, 0.3) is 5.56 Å². The molecule has 3 N–H and O–H groups in total. The standard InChI is InChI=1S/C23H28FN4O8P/c1-13-11-28(23(31)26-21(13)29)20-9-16(24)19(36-20)12-35-37(32,34-3)27-18(22(30)33-2)8-14-10-25-17-7-5-4-6-15(14)17/h4-7,10-11,16,18-20,25H,8-9,12H2,1-3H3,(H,27,32)(H,26,29,31)/t16-,18-,19+,20+,37?/m0/s1. The van der Waals surface area contributed by atoms with Crippen molar-refractivity contribution in [1.82, 2.24) is 19.6 Å². The van der Waals surface area contributed by atoms with Gasteiger partial charge in [0.15, 0.2) is 0 Å². The summed E-state index contributed by atoms with van der Waals surface area (Å²) in [6.07, 6.45) is -0.787. The lowest BCUT2D eigenvalue weighted by atomic mass is 10.1. The van der Waals surface area contributed by atoms with Gasteiger partial charge in [0.05, 0.1) is 13.7 Å². The van der Waals surface area contributed by atoms with Gasteiger partial charge in [-0.3, -0.25) is 23.7 Å². The molecule has 1 aromatic carbocycles. The van der Waals surface area contributed by atoms with Crippen LogP contribution in [0.2, 0.25) is 0 Å². The van der Waals surface area contributed by atoms with Crippen LogP contribution in [-0.2, 0) is 34.3 Å². The number of carbonyl (C=O) groups is 1. The van der Waals surface area contributed by atoms with Crippen LogP contribution < -0.4 is 16.3 Å². The minimum absolute atomic E-state index is 0.107. The number of ether oxygens (including phenoxy) is 2. The normalized spacial score (nSPS) is 22.1.